The number of carbonyl (C=O) groups is 3. The van der Waals surface area contributed by atoms with Crippen molar-refractivity contribution in [3.63, 3.8) is 0 Å². The van der Waals surface area contributed by atoms with Crippen molar-refractivity contribution in [3.05, 3.63) is 11.6 Å². The Hall–Kier alpha value is -2.39. The Kier molecular flexibility index (Phi) is 19.2. The molecule has 3 saturated carbocycles. The number of allylic oxidation sites excluding steroid dienone is 2. The molecule has 85 heavy (non-hydrogen) atoms. The monoisotopic (exact) mass is 1260 g/mol. The van der Waals surface area contributed by atoms with Crippen LogP contribution in [0, 0.1) is 45.3 Å². The van der Waals surface area contributed by atoms with Gasteiger partial charge in [-0.25, -0.2) is 8.37 Å². The van der Waals surface area contributed by atoms with E-state index in [1.165, 1.54) is 6.92 Å². The molecule has 486 valence electrons. The largest absolute Gasteiger partial charge is 0.458 e. The van der Waals surface area contributed by atoms with E-state index in [1.807, 2.05) is 34.6 Å². The van der Waals surface area contributed by atoms with Gasteiger partial charge in [-0.05, 0) is 74.5 Å². The zero-order valence-corrected chi connectivity index (χ0v) is 50.4. The second kappa shape index (κ2) is 24.3. The smallest absolute Gasteiger partial charge is 0.397 e. The van der Waals surface area contributed by atoms with Gasteiger partial charge in [-0.15, -0.1) is 0 Å². The molecule has 8 fully saturated rings. The van der Waals surface area contributed by atoms with Crippen LogP contribution >= 0.6 is 0 Å². The number of aliphatic hydroxyl groups is 8. The zero-order chi connectivity index (χ0) is 62.6. The van der Waals surface area contributed by atoms with Crippen LogP contribution in [0.3, 0.4) is 0 Å². The molecule has 29 nitrogen and oxygen atoms in total. The van der Waals surface area contributed by atoms with Gasteiger partial charge in [-0.3, -0.25) is 23.5 Å². The fourth-order valence-electron chi connectivity index (χ4n) is 16.3. The lowest BCUT2D eigenvalue weighted by Crippen LogP contribution is -2.67. The summed E-state index contributed by atoms with van der Waals surface area (Å²) in [5, 5.41) is 89.5. The summed E-state index contributed by atoms with van der Waals surface area (Å²) in [6.07, 6.45) is -30.4. The van der Waals surface area contributed by atoms with E-state index in [0.717, 1.165) is 12.7 Å². The van der Waals surface area contributed by atoms with E-state index in [4.69, 9.17) is 51.6 Å². The molecule has 1 spiro atoms. The van der Waals surface area contributed by atoms with Crippen LogP contribution in [-0.2, 0) is 90.9 Å². The van der Waals surface area contributed by atoms with Crippen LogP contribution in [-0.4, -0.2) is 240 Å². The summed E-state index contributed by atoms with van der Waals surface area (Å²) in [5.74, 6) is -1.46. The summed E-state index contributed by atoms with van der Waals surface area (Å²) in [6.45, 7) is 12.5. The Morgan fingerprint density at radius 1 is 0.729 bits per heavy atom. The van der Waals surface area contributed by atoms with E-state index in [1.54, 1.807) is 6.92 Å². The van der Waals surface area contributed by atoms with Gasteiger partial charge in [0.05, 0.1) is 43.4 Å². The number of ether oxygens (including phenoxy) is 10. The van der Waals surface area contributed by atoms with Crippen molar-refractivity contribution in [3.8, 4) is 0 Å². The quantitative estimate of drug-likeness (QED) is 0.0408. The average Bonchev–Trinajstić information content (AvgIpc) is 1.68. The third-order valence-electron chi connectivity index (χ3n) is 20.2. The van der Waals surface area contributed by atoms with Gasteiger partial charge in [-0.2, -0.15) is 16.8 Å². The molecule has 10 N–H and O–H groups in total. The van der Waals surface area contributed by atoms with Gasteiger partial charge in [0.25, 0.3) is 0 Å². The number of ketones is 2. The Labute approximate surface area is 492 Å². The highest BCUT2D eigenvalue weighted by atomic mass is 32.3. The molecule has 4 aliphatic carbocycles. The summed E-state index contributed by atoms with van der Waals surface area (Å²) >= 11 is 0. The maximum absolute atomic E-state index is 14.4. The van der Waals surface area contributed by atoms with Crippen molar-refractivity contribution in [1.29, 1.82) is 0 Å². The van der Waals surface area contributed by atoms with Gasteiger partial charge in [0.2, 0.25) is 0 Å². The van der Waals surface area contributed by atoms with Crippen LogP contribution in [0.25, 0.3) is 0 Å². The van der Waals surface area contributed by atoms with Crippen molar-refractivity contribution in [2.75, 3.05) is 26.9 Å². The molecular formula is C54H84O29S2. The molecule has 0 aromatic rings. The Morgan fingerprint density at radius 2 is 1.34 bits per heavy atom. The average molecular weight is 1260 g/mol. The van der Waals surface area contributed by atoms with E-state index in [9.17, 15) is 81.2 Å². The fourth-order valence-corrected chi connectivity index (χ4v) is 17.1. The number of hydrogen-bond acceptors (Lipinski definition) is 27. The first kappa shape index (κ1) is 67.0. The van der Waals surface area contributed by atoms with Crippen LogP contribution in [0.5, 0.6) is 0 Å². The molecule has 0 aromatic heterocycles. The lowest BCUT2D eigenvalue weighted by atomic mass is 9.41. The molecule has 5 saturated heterocycles. The summed E-state index contributed by atoms with van der Waals surface area (Å²) in [6, 6.07) is 0. The molecule has 0 amide bonds. The number of cyclic esters (lactones) is 1. The van der Waals surface area contributed by atoms with Crippen LogP contribution < -0.4 is 0 Å². The minimum atomic E-state index is -5.23. The SMILES string of the molecule is COC1C(O)[C@H](OC2C(O)[C@H](O[C@@H]3C(C)O[C@@H](OC4C(O)[C@H](OS(=O)(=O)O)CO[C@H]4O[C@H]4CC[C@]5(C)C6CCC78C(=O)O[C@@](C)(CC(=O)CC(C)C)[C@H]7C(=O)C[C@@]8(C)C6=CC[C@H]5C4(C)C)C(O)C3O)OC(COS(=O)(=O)O)[C@H]2O)OC(CO)[C@H]1O. The summed E-state index contributed by atoms with van der Waals surface area (Å²) < 4.78 is 135. The standard InChI is InChI=1S/C54H84O29S2/c1-22(2)16-24(56)17-53(8)44-27(57)18-52(7)26-10-11-31-50(4,5)32(13-14-51(31,6)25(26)12-15-54(44,52)49(65)82-53)78-48-43(35(60)30(20-73-48)83-85(69,70)71)81-45-37(62)36(61)40(23(3)75-45)79-47-39(64)42(34(59)29(77-47)21-74-84(66,67)68)80-46-38(63)41(72-9)33(58)28(19-55)76-46/h10,22-23,25,28-48,55,58-64H,11-21H2,1-9H3,(H,66,67,68)(H,69,70,71)/t23?,25?,28?,29?,30-,31+,32+,33-,34-,35?,36?,37?,38?,39?,40-,41?,42?,43?,44-,45+,46+,47+,48+,51-,52+,53+,54?/m1/s1. The number of methoxy groups -OCH3 is 1. The third-order valence-corrected chi connectivity index (χ3v) is 21.1. The number of carbonyl (C=O) groups excluding carboxylic acids is 3. The molecule has 27 atom stereocenters. The van der Waals surface area contributed by atoms with Gasteiger partial charge in [0.1, 0.15) is 103 Å². The molecule has 0 bridgehead atoms. The number of hydrogen-bond donors (Lipinski definition) is 10. The van der Waals surface area contributed by atoms with Crippen LogP contribution in [0.4, 0.5) is 0 Å². The predicted octanol–water partition coefficient (Wildman–Crippen LogP) is -1.30. The fraction of sp³-hybridized carbons (Fsp3) is 0.907. The topological polar surface area (TPSA) is 433 Å². The van der Waals surface area contributed by atoms with E-state index in [-0.39, 0.29) is 42.2 Å². The number of aliphatic hydroxyl groups excluding tert-OH is 8. The van der Waals surface area contributed by atoms with Gasteiger partial charge >= 0.3 is 26.8 Å². The first-order valence-corrected chi connectivity index (χ1v) is 31.6. The number of fused-ring (bicyclic) bond motifs is 4. The van der Waals surface area contributed by atoms with Gasteiger partial charge < -0.3 is 88.2 Å². The van der Waals surface area contributed by atoms with Crippen molar-refractivity contribution in [2.45, 2.75) is 235 Å². The first-order chi connectivity index (χ1) is 39.5. The van der Waals surface area contributed by atoms with E-state index < -0.39 is 203 Å². The first-order valence-electron chi connectivity index (χ1n) is 28.8. The van der Waals surface area contributed by atoms with Gasteiger partial charge in [0, 0.05) is 31.8 Å². The minimum absolute atomic E-state index is 0.0436. The second-order valence-electron chi connectivity index (χ2n) is 26.3. The summed E-state index contributed by atoms with van der Waals surface area (Å²) in [5.41, 5.74) is -3.37. The van der Waals surface area contributed by atoms with Crippen molar-refractivity contribution < 1.29 is 137 Å². The Bertz CT molecular complexity index is 2730. The number of Topliss-reactive ketones (excluding diaryl/α,β-unsaturated/α-hetero) is 2. The maximum atomic E-state index is 14.4. The van der Waals surface area contributed by atoms with Crippen molar-refractivity contribution >= 4 is 38.3 Å². The molecule has 5 aliphatic heterocycles. The van der Waals surface area contributed by atoms with E-state index in [2.05, 4.69) is 17.2 Å². The molecule has 9 rings (SSSR count). The lowest BCUT2D eigenvalue weighted by Gasteiger charge is -2.63. The number of rotatable bonds is 19. The summed E-state index contributed by atoms with van der Waals surface area (Å²) in [4.78, 5) is 42.0. The predicted molar refractivity (Wildman–Crippen MR) is 282 cm³/mol. The lowest BCUT2D eigenvalue weighted by molar-refractivity contribution is -0.389. The molecule has 0 radical (unpaired) electrons. The Morgan fingerprint density at radius 3 is 1.96 bits per heavy atom. The van der Waals surface area contributed by atoms with Crippen LogP contribution in [0.1, 0.15) is 107 Å². The van der Waals surface area contributed by atoms with Gasteiger partial charge in [-0.1, -0.05) is 53.2 Å². The molecule has 31 heteroatoms. The minimum Gasteiger partial charge on any atom is -0.458 e. The van der Waals surface area contributed by atoms with E-state index in [0.29, 0.717) is 38.5 Å². The molecule has 13 unspecified atom stereocenters. The molecule has 0 aromatic carbocycles. The van der Waals surface area contributed by atoms with Gasteiger partial charge in [0.15, 0.2) is 25.2 Å². The van der Waals surface area contributed by atoms with E-state index >= 15 is 0 Å². The molecular weight excluding hydrogens is 1180 g/mol. The number of esters is 1. The van der Waals surface area contributed by atoms with Crippen LogP contribution in [0.15, 0.2) is 11.6 Å². The molecule has 9 aliphatic rings. The highest BCUT2D eigenvalue weighted by molar-refractivity contribution is 7.81. The highest BCUT2D eigenvalue weighted by Crippen LogP contribution is 2.75. The third kappa shape index (κ3) is 12.1. The Balaban J connectivity index is 0.919. The second-order valence-corrected chi connectivity index (χ2v) is 28.5. The summed E-state index contributed by atoms with van der Waals surface area (Å²) in [7, 11) is -9.29. The van der Waals surface area contributed by atoms with Crippen molar-refractivity contribution in [2.24, 2.45) is 45.3 Å². The maximum Gasteiger partial charge on any atom is 0.397 e. The normalized spacial score (nSPS) is 48.2. The highest BCUT2D eigenvalue weighted by Gasteiger charge is 2.79. The zero-order valence-electron chi connectivity index (χ0n) is 48.8. The van der Waals surface area contributed by atoms with Crippen molar-refractivity contribution in [1.82, 2.24) is 0 Å². The molecule has 5 heterocycles. The van der Waals surface area contributed by atoms with Crippen LogP contribution in [0.2, 0.25) is 0 Å².